The van der Waals surface area contributed by atoms with Crippen molar-refractivity contribution in [3.63, 3.8) is 0 Å². The minimum Gasteiger partial charge on any atom is -0.466 e. The Morgan fingerprint density at radius 2 is 1.92 bits per heavy atom. The van der Waals surface area contributed by atoms with Crippen LogP contribution >= 0.6 is 0 Å². The van der Waals surface area contributed by atoms with Gasteiger partial charge in [-0.3, -0.25) is 14.7 Å². The van der Waals surface area contributed by atoms with Gasteiger partial charge in [-0.05, 0) is 52.0 Å². The fourth-order valence-electron chi connectivity index (χ4n) is 4.02. The van der Waals surface area contributed by atoms with Gasteiger partial charge >= 0.3 is 5.97 Å². The Morgan fingerprint density at radius 1 is 1.19 bits per heavy atom. The number of nitrogens with one attached hydrogen (secondary N) is 1. The summed E-state index contributed by atoms with van der Waals surface area (Å²) in [6, 6.07) is 0.572. The molecule has 0 saturated carbocycles. The molecule has 0 aromatic rings. The lowest BCUT2D eigenvalue weighted by molar-refractivity contribution is -0.149. The first-order chi connectivity index (χ1) is 12.5. The molecular weight excluding hydrogens is 328 g/mol. The van der Waals surface area contributed by atoms with Crippen LogP contribution in [-0.4, -0.2) is 73.6 Å². The maximum Gasteiger partial charge on any atom is 0.309 e. The number of carbonyl (C=O) groups excluding carboxylic acids is 1. The Kier molecular flexibility index (Phi) is 8.69. The van der Waals surface area contributed by atoms with Gasteiger partial charge in [0.25, 0.3) is 0 Å². The summed E-state index contributed by atoms with van der Waals surface area (Å²) in [4.78, 5) is 21.8. The van der Waals surface area contributed by atoms with Crippen LogP contribution in [-0.2, 0) is 9.53 Å². The number of guanidine groups is 1. The van der Waals surface area contributed by atoms with Gasteiger partial charge in [-0.15, -0.1) is 0 Å². The highest BCUT2D eigenvalue weighted by atomic mass is 16.5. The fourth-order valence-corrected chi connectivity index (χ4v) is 4.02. The number of hydrogen-bond donors (Lipinski definition) is 1. The van der Waals surface area contributed by atoms with Gasteiger partial charge < -0.3 is 15.0 Å². The van der Waals surface area contributed by atoms with Crippen LogP contribution in [0.2, 0.25) is 0 Å². The third-order valence-electron chi connectivity index (χ3n) is 5.30. The second kappa shape index (κ2) is 10.8. The van der Waals surface area contributed by atoms with Crippen molar-refractivity contribution in [2.45, 2.75) is 59.4 Å². The smallest absolute Gasteiger partial charge is 0.309 e. The summed E-state index contributed by atoms with van der Waals surface area (Å²) in [5.41, 5.74) is 0. The lowest BCUT2D eigenvalue weighted by atomic mass is 9.97. The second-order valence-corrected chi connectivity index (χ2v) is 7.89. The Balaban J connectivity index is 1.89. The van der Waals surface area contributed by atoms with Crippen LogP contribution in [0.15, 0.2) is 4.99 Å². The van der Waals surface area contributed by atoms with Crippen molar-refractivity contribution in [2.24, 2.45) is 16.8 Å². The van der Waals surface area contributed by atoms with Crippen LogP contribution in [0.3, 0.4) is 0 Å². The predicted octanol–water partition coefficient (Wildman–Crippen LogP) is 2.35. The topological polar surface area (TPSA) is 57.2 Å². The molecule has 0 bridgehead atoms. The van der Waals surface area contributed by atoms with E-state index >= 15 is 0 Å². The summed E-state index contributed by atoms with van der Waals surface area (Å²) in [5, 5.41) is 3.44. The average molecular weight is 367 g/mol. The van der Waals surface area contributed by atoms with Gasteiger partial charge in [-0.2, -0.15) is 0 Å². The fraction of sp³-hybridized carbons (Fsp3) is 0.900. The van der Waals surface area contributed by atoms with Gasteiger partial charge in [0.05, 0.1) is 19.1 Å². The zero-order chi connectivity index (χ0) is 18.9. The molecule has 0 radical (unpaired) electrons. The molecule has 1 N–H and O–H groups in total. The van der Waals surface area contributed by atoms with Crippen LogP contribution in [0.25, 0.3) is 0 Å². The molecule has 26 heavy (non-hydrogen) atoms. The number of hydrogen-bond acceptors (Lipinski definition) is 4. The van der Waals surface area contributed by atoms with Crippen molar-refractivity contribution in [3.8, 4) is 0 Å². The van der Waals surface area contributed by atoms with E-state index in [1.54, 1.807) is 0 Å². The first kappa shape index (κ1) is 21.0. The molecule has 6 nitrogen and oxygen atoms in total. The van der Waals surface area contributed by atoms with Crippen LogP contribution in [0, 0.1) is 11.8 Å². The number of nitrogens with zero attached hydrogens (tertiary/aromatic N) is 3. The number of ether oxygens (including phenoxy) is 1. The Morgan fingerprint density at radius 3 is 2.54 bits per heavy atom. The summed E-state index contributed by atoms with van der Waals surface area (Å²) in [7, 11) is 0. The summed E-state index contributed by atoms with van der Waals surface area (Å²) in [6.07, 6.45) is 4.24. The highest BCUT2D eigenvalue weighted by Gasteiger charge is 2.28. The summed E-state index contributed by atoms with van der Waals surface area (Å²) in [5.74, 6) is 1.72. The van der Waals surface area contributed by atoms with E-state index in [-0.39, 0.29) is 11.9 Å². The van der Waals surface area contributed by atoms with Gasteiger partial charge in [0.1, 0.15) is 0 Å². The van der Waals surface area contributed by atoms with Gasteiger partial charge in [0.2, 0.25) is 0 Å². The number of aliphatic imine (C=N–C) groups is 1. The van der Waals surface area contributed by atoms with Gasteiger partial charge in [0.15, 0.2) is 5.96 Å². The molecule has 0 unspecified atom stereocenters. The van der Waals surface area contributed by atoms with E-state index in [4.69, 9.17) is 9.73 Å². The maximum absolute atomic E-state index is 11.9. The standard InChI is InChI=1S/C20H38N4O2/c1-5-21-20(22-14-18-8-7-11-24(18)15-16(3)4)23-12-9-17(10-13-23)19(25)26-6-2/h16-18H,5-15H2,1-4H3,(H,21,22)/t18-/m1/s1. The first-order valence-electron chi connectivity index (χ1n) is 10.5. The lowest BCUT2D eigenvalue weighted by Gasteiger charge is -2.33. The van der Waals surface area contributed by atoms with E-state index in [1.165, 1.54) is 25.9 Å². The zero-order valence-corrected chi connectivity index (χ0v) is 17.2. The second-order valence-electron chi connectivity index (χ2n) is 7.89. The summed E-state index contributed by atoms with van der Waals surface area (Å²) >= 11 is 0. The normalized spacial score (nSPS) is 22.9. The number of rotatable bonds is 7. The minimum absolute atomic E-state index is 0.0376. The molecule has 2 aliphatic rings. The van der Waals surface area contributed by atoms with E-state index in [9.17, 15) is 4.79 Å². The highest BCUT2D eigenvalue weighted by molar-refractivity contribution is 5.80. The molecule has 2 heterocycles. The summed E-state index contributed by atoms with van der Waals surface area (Å²) in [6.45, 7) is 14.9. The van der Waals surface area contributed by atoms with E-state index in [1.807, 2.05) is 6.92 Å². The number of likely N-dealkylation sites (tertiary alicyclic amines) is 2. The van der Waals surface area contributed by atoms with Crippen LogP contribution in [0.1, 0.15) is 53.4 Å². The van der Waals surface area contributed by atoms with Crippen molar-refractivity contribution in [2.75, 3.05) is 45.9 Å². The Bertz CT molecular complexity index is 459. The van der Waals surface area contributed by atoms with Crippen molar-refractivity contribution >= 4 is 11.9 Å². The first-order valence-corrected chi connectivity index (χ1v) is 10.5. The Labute approximate surface area is 159 Å². The van der Waals surface area contributed by atoms with E-state index in [2.05, 4.69) is 35.9 Å². The third kappa shape index (κ3) is 6.15. The van der Waals surface area contributed by atoms with Crippen molar-refractivity contribution in [1.29, 1.82) is 0 Å². The van der Waals surface area contributed by atoms with E-state index in [0.29, 0.717) is 18.6 Å². The Hall–Kier alpha value is -1.30. The minimum atomic E-state index is -0.0376. The SMILES string of the molecule is CCNC(=NC[C@H]1CCCN1CC(C)C)N1CCC(C(=O)OCC)CC1. The molecule has 2 saturated heterocycles. The molecule has 0 spiro atoms. The monoisotopic (exact) mass is 366 g/mol. The molecule has 0 aliphatic carbocycles. The molecule has 2 aliphatic heterocycles. The van der Waals surface area contributed by atoms with Crippen molar-refractivity contribution in [3.05, 3.63) is 0 Å². The molecule has 0 amide bonds. The maximum atomic E-state index is 11.9. The number of esters is 1. The summed E-state index contributed by atoms with van der Waals surface area (Å²) < 4.78 is 5.17. The van der Waals surface area contributed by atoms with Gasteiger partial charge in [0, 0.05) is 32.2 Å². The molecule has 6 heteroatoms. The quantitative estimate of drug-likeness (QED) is 0.426. The van der Waals surface area contributed by atoms with Crippen LogP contribution in [0.5, 0.6) is 0 Å². The lowest BCUT2D eigenvalue weighted by Crippen LogP contribution is -2.47. The predicted molar refractivity (Wildman–Crippen MR) is 106 cm³/mol. The molecule has 1 atom stereocenters. The van der Waals surface area contributed by atoms with Crippen LogP contribution in [0.4, 0.5) is 0 Å². The van der Waals surface area contributed by atoms with E-state index in [0.717, 1.165) is 45.0 Å². The van der Waals surface area contributed by atoms with Crippen LogP contribution < -0.4 is 5.32 Å². The van der Waals surface area contributed by atoms with Gasteiger partial charge in [-0.1, -0.05) is 13.8 Å². The highest BCUT2D eigenvalue weighted by Crippen LogP contribution is 2.21. The molecule has 0 aromatic carbocycles. The molecule has 150 valence electrons. The zero-order valence-electron chi connectivity index (χ0n) is 17.2. The average Bonchev–Trinajstić information content (AvgIpc) is 3.05. The number of carbonyl (C=O) groups is 1. The van der Waals surface area contributed by atoms with Gasteiger partial charge in [-0.25, -0.2) is 0 Å². The number of piperidine rings is 1. The van der Waals surface area contributed by atoms with Crippen molar-refractivity contribution in [1.82, 2.24) is 15.1 Å². The largest absolute Gasteiger partial charge is 0.466 e. The molecule has 2 fully saturated rings. The molecule has 2 rings (SSSR count). The molecular formula is C20H38N4O2. The van der Waals surface area contributed by atoms with E-state index < -0.39 is 0 Å². The third-order valence-corrected chi connectivity index (χ3v) is 5.30. The molecule has 0 aromatic heterocycles. The van der Waals surface area contributed by atoms with Crippen molar-refractivity contribution < 1.29 is 9.53 Å².